The van der Waals surface area contributed by atoms with Crippen molar-refractivity contribution in [2.24, 2.45) is 0 Å². The maximum absolute atomic E-state index is 11.2. The average molecular weight is 306 g/mol. The van der Waals surface area contributed by atoms with Crippen molar-refractivity contribution in [2.75, 3.05) is 0 Å². The summed E-state index contributed by atoms with van der Waals surface area (Å²) in [7, 11) is 0. The van der Waals surface area contributed by atoms with Crippen molar-refractivity contribution >= 4 is 17.0 Å². The van der Waals surface area contributed by atoms with Crippen LogP contribution in [0.25, 0.3) is 10.6 Å². The summed E-state index contributed by atoms with van der Waals surface area (Å²) in [6.45, 7) is 7.72. The zero-order valence-electron chi connectivity index (χ0n) is 12.5. The van der Waals surface area contributed by atoms with Gasteiger partial charge in [0, 0.05) is 16.5 Å². The molecule has 0 N–H and O–H groups in total. The molecule has 0 aliphatic carbocycles. The Morgan fingerprint density at radius 2 is 2.14 bits per heavy atom. The first-order chi connectivity index (χ1) is 9.92. The molecule has 21 heavy (non-hydrogen) atoms. The Bertz CT molecular complexity index is 665. The molecule has 0 unspecified atom stereocenters. The summed E-state index contributed by atoms with van der Waals surface area (Å²) in [4.78, 5) is 16.5. The molecule has 2 aromatic rings. The first-order valence-electron chi connectivity index (χ1n) is 6.84. The van der Waals surface area contributed by atoms with E-state index in [1.54, 1.807) is 17.4 Å². The second-order valence-corrected chi connectivity index (χ2v) is 6.07. The summed E-state index contributed by atoms with van der Waals surface area (Å²) in [6.07, 6.45) is 0.809. The number of hydrogen-bond donors (Lipinski definition) is 0. The van der Waals surface area contributed by atoms with E-state index in [1.165, 1.54) is 10.9 Å². The van der Waals surface area contributed by atoms with Gasteiger partial charge in [-0.2, -0.15) is 0 Å². The van der Waals surface area contributed by atoms with Crippen LogP contribution in [0.2, 0.25) is 0 Å². The zero-order chi connectivity index (χ0) is 15.6. The Morgan fingerprint density at radius 1 is 1.43 bits per heavy atom. The fraction of sp³-hybridized carbons (Fsp3) is 0.400. The molecule has 0 aliphatic rings. The topological polar surface area (TPSA) is 65.3 Å². The third kappa shape index (κ3) is 3.39. The molecule has 112 valence electrons. The van der Waals surface area contributed by atoms with Crippen LogP contribution in [0.4, 0.5) is 5.69 Å². The summed E-state index contributed by atoms with van der Waals surface area (Å²) in [5.41, 5.74) is 1.72. The SMILES string of the molecule is CCc1sc(-c2ccc(OC(C)C)c([N+](=O)[O-])c2)nc1C. The van der Waals surface area contributed by atoms with Gasteiger partial charge in [0.05, 0.1) is 16.7 Å². The molecule has 0 amide bonds. The largest absolute Gasteiger partial charge is 0.484 e. The standard InChI is InChI=1S/C15H18N2O3S/c1-5-14-10(4)16-15(21-14)11-6-7-13(20-9(2)3)12(8-11)17(18)19/h6-9H,5H2,1-4H3. The number of nitrogens with zero attached hydrogens (tertiary/aromatic N) is 2. The summed E-state index contributed by atoms with van der Waals surface area (Å²) >= 11 is 1.58. The molecule has 1 heterocycles. The Hall–Kier alpha value is -1.95. The maximum Gasteiger partial charge on any atom is 0.311 e. The van der Waals surface area contributed by atoms with E-state index in [2.05, 4.69) is 11.9 Å². The van der Waals surface area contributed by atoms with Crippen molar-refractivity contribution in [3.05, 3.63) is 38.9 Å². The Balaban J connectivity index is 2.45. The number of nitro groups is 1. The fourth-order valence-electron chi connectivity index (χ4n) is 2.03. The lowest BCUT2D eigenvalue weighted by molar-refractivity contribution is -0.386. The Morgan fingerprint density at radius 3 is 2.67 bits per heavy atom. The second kappa shape index (κ2) is 6.22. The highest BCUT2D eigenvalue weighted by Gasteiger charge is 2.19. The average Bonchev–Trinajstić information content (AvgIpc) is 2.79. The molecule has 5 nitrogen and oxygen atoms in total. The third-order valence-electron chi connectivity index (χ3n) is 2.98. The number of nitro benzene ring substituents is 1. The summed E-state index contributed by atoms with van der Waals surface area (Å²) < 4.78 is 5.49. The van der Waals surface area contributed by atoms with E-state index in [0.717, 1.165) is 22.7 Å². The van der Waals surface area contributed by atoms with E-state index in [-0.39, 0.29) is 11.8 Å². The number of thiazole rings is 1. The van der Waals surface area contributed by atoms with E-state index in [1.807, 2.05) is 26.8 Å². The summed E-state index contributed by atoms with van der Waals surface area (Å²) in [5, 5.41) is 12.0. The minimum Gasteiger partial charge on any atom is -0.484 e. The predicted octanol–water partition coefficient (Wildman–Crippen LogP) is 4.38. The molecular weight excluding hydrogens is 288 g/mol. The predicted molar refractivity (Wildman–Crippen MR) is 84.1 cm³/mol. The van der Waals surface area contributed by atoms with Crippen LogP contribution in [0, 0.1) is 17.0 Å². The highest BCUT2D eigenvalue weighted by Crippen LogP contribution is 2.35. The summed E-state index contributed by atoms with van der Waals surface area (Å²) in [5.74, 6) is 0.294. The molecule has 0 saturated carbocycles. The minimum atomic E-state index is -0.414. The van der Waals surface area contributed by atoms with Crippen molar-refractivity contribution < 1.29 is 9.66 Å². The number of rotatable bonds is 5. The molecule has 0 bridgehead atoms. The van der Waals surface area contributed by atoms with Crippen LogP contribution in [0.3, 0.4) is 0 Å². The molecule has 1 aromatic heterocycles. The lowest BCUT2D eigenvalue weighted by Gasteiger charge is -2.10. The Labute approximate surface area is 127 Å². The monoisotopic (exact) mass is 306 g/mol. The lowest BCUT2D eigenvalue weighted by Crippen LogP contribution is -2.07. The molecule has 0 radical (unpaired) electrons. The molecule has 0 aliphatic heterocycles. The van der Waals surface area contributed by atoms with Crippen LogP contribution in [-0.4, -0.2) is 16.0 Å². The van der Waals surface area contributed by atoms with E-state index in [0.29, 0.717) is 5.75 Å². The first kappa shape index (κ1) is 15.4. The normalized spacial score (nSPS) is 10.9. The van der Waals surface area contributed by atoms with Crippen molar-refractivity contribution in [3.8, 4) is 16.3 Å². The quantitative estimate of drug-likeness (QED) is 0.607. The number of benzene rings is 1. The molecule has 2 rings (SSSR count). The Kier molecular flexibility index (Phi) is 4.57. The lowest BCUT2D eigenvalue weighted by atomic mass is 10.2. The maximum atomic E-state index is 11.2. The fourth-order valence-corrected chi connectivity index (χ4v) is 3.02. The smallest absolute Gasteiger partial charge is 0.311 e. The van der Waals surface area contributed by atoms with Gasteiger partial charge in [0.25, 0.3) is 0 Å². The zero-order valence-corrected chi connectivity index (χ0v) is 13.4. The van der Waals surface area contributed by atoms with Crippen molar-refractivity contribution in [2.45, 2.75) is 40.2 Å². The molecular formula is C15H18N2O3S. The van der Waals surface area contributed by atoms with Crippen molar-refractivity contribution in [3.63, 3.8) is 0 Å². The molecule has 1 aromatic carbocycles. The van der Waals surface area contributed by atoms with Gasteiger partial charge in [-0.3, -0.25) is 10.1 Å². The van der Waals surface area contributed by atoms with Crippen LogP contribution in [0.5, 0.6) is 5.75 Å². The van der Waals surface area contributed by atoms with Gasteiger partial charge in [-0.05, 0) is 39.3 Å². The minimum absolute atomic E-state index is 0.0212. The van der Waals surface area contributed by atoms with Crippen LogP contribution < -0.4 is 4.74 Å². The van der Waals surface area contributed by atoms with Gasteiger partial charge >= 0.3 is 5.69 Å². The molecule has 0 spiro atoms. The highest BCUT2D eigenvalue weighted by molar-refractivity contribution is 7.15. The van der Waals surface area contributed by atoms with E-state index in [9.17, 15) is 10.1 Å². The third-order valence-corrected chi connectivity index (χ3v) is 4.33. The van der Waals surface area contributed by atoms with Gasteiger partial charge in [0.2, 0.25) is 0 Å². The molecule has 6 heteroatoms. The van der Waals surface area contributed by atoms with Crippen LogP contribution >= 0.6 is 11.3 Å². The summed E-state index contributed by atoms with van der Waals surface area (Å²) in [6, 6.07) is 5.01. The van der Waals surface area contributed by atoms with Gasteiger partial charge in [-0.25, -0.2) is 4.98 Å². The first-order valence-corrected chi connectivity index (χ1v) is 7.65. The number of ether oxygens (including phenoxy) is 1. The number of aromatic nitrogens is 1. The second-order valence-electron chi connectivity index (χ2n) is 4.99. The van der Waals surface area contributed by atoms with E-state index < -0.39 is 4.92 Å². The van der Waals surface area contributed by atoms with Gasteiger partial charge in [-0.15, -0.1) is 11.3 Å². The van der Waals surface area contributed by atoms with Crippen LogP contribution in [0.15, 0.2) is 18.2 Å². The van der Waals surface area contributed by atoms with Crippen LogP contribution in [0.1, 0.15) is 31.3 Å². The highest BCUT2D eigenvalue weighted by atomic mass is 32.1. The van der Waals surface area contributed by atoms with Crippen molar-refractivity contribution in [1.29, 1.82) is 0 Å². The molecule has 0 atom stereocenters. The van der Waals surface area contributed by atoms with Gasteiger partial charge in [0.1, 0.15) is 5.01 Å². The molecule has 0 fully saturated rings. The van der Waals surface area contributed by atoms with Crippen LogP contribution in [-0.2, 0) is 6.42 Å². The van der Waals surface area contributed by atoms with Gasteiger partial charge in [-0.1, -0.05) is 6.92 Å². The van der Waals surface area contributed by atoms with Crippen molar-refractivity contribution in [1.82, 2.24) is 4.98 Å². The van der Waals surface area contributed by atoms with Gasteiger partial charge in [0.15, 0.2) is 5.75 Å². The van der Waals surface area contributed by atoms with E-state index in [4.69, 9.17) is 4.74 Å². The number of hydrogen-bond acceptors (Lipinski definition) is 5. The number of aryl methyl sites for hydroxylation is 2. The van der Waals surface area contributed by atoms with E-state index >= 15 is 0 Å². The molecule has 0 saturated heterocycles. The van der Waals surface area contributed by atoms with Gasteiger partial charge < -0.3 is 4.74 Å².